The fraction of sp³-hybridized carbons (Fsp3) is 0.364. The number of hydrogen-bond donors (Lipinski definition) is 0. The lowest BCUT2D eigenvalue weighted by Gasteiger charge is -2.37. The van der Waals surface area contributed by atoms with Crippen LogP contribution in [0.15, 0.2) is 48.5 Å². The van der Waals surface area contributed by atoms with Crippen LogP contribution in [0.4, 0.5) is 4.39 Å². The Kier molecular flexibility index (Phi) is 4.79. The Balaban J connectivity index is 1.69. The number of nitrogens with zero attached hydrogens (tertiary/aromatic N) is 2. The van der Waals surface area contributed by atoms with E-state index >= 15 is 0 Å². The second-order valence-electron chi connectivity index (χ2n) is 7.51. The summed E-state index contributed by atoms with van der Waals surface area (Å²) in [5, 5.41) is 0. The first-order valence-electron chi connectivity index (χ1n) is 9.41. The Hall–Kier alpha value is -2.53. The SMILES string of the molecule is CN1CC[C@H](C(=O)C(=O)N2CCc3ccccc3C2c2ccc(F)cc2)C1. The topological polar surface area (TPSA) is 40.6 Å². The molecular formula is C22H23FN2O2. The maximum absolute atomic E-state index is 13.4. The summed E-state index contributed by atoms with van der Waals surface area (Å²) in [6, 6.07) is 13.8. The molecule has 1 saturated heterocycles. The third kappa shape index (κ3) is 3.39. The Morgan fingerprint density at radius 3 is 2.48 bits per heavy atom. The van der Waals surface area contributed by atoms with Gasteiger partial charge in [-0.2, -0.15) is 0 Å². The lowest BCUT2D eigenvalue weighted by molar-refractivity contribution is -0.148. The van der Waals surface area contributed by atoms with Gasteiger partial charge in [-0.25, -0.2) is 4.39 Å². The number of halogens is 1. The average Bonchev–Trinajstić information content (AvgIpc) is 3.13. The molecule has 5 heteroatoms. The average molecular weight is 366 g/mol. The molecule has 0 saturated carbocycles. The first-order valence-corrected chi connectivity index (χ1v) is 9.41. The van der Waals surface area contributed by atoms with Gasteiger partial charge in [-0.1, -0.05) is 36.4 Å². The smallest absolute Gasteiger partial charge is 0.291 e. The van der Waals surface area contributed by atoms with Gasteiger partial charge in [0.2, 0.25) is 5.78 Å². The fourth-order valence-electron chi connectivity index (χ4n) is 4.26. The molecule has 0 spiro atoms. The summed E-state index contributed by atoms with van der Waals surface area (Å²) >= 11 is 0. The zero-order chi connectivity index (χ0) is 19.0. The molecule has 4 nitrogen and oxygen atoms in total. The van der Waals surface area contributed by atoms with Crippen LogP contribution >= 0.6 is 0 Å². The molecule has 2 aromatic carbocycles. The van der Waals surface area contributed by atoms with Crippen molar-refractivity contribution >= 4 is 11.7 Å². The first-order chi connectivity index (χ1) is 13.0. The highest BCUT2D eigenvalue weighted by molar-refractivity contribution is 6.37. The standard InChI is InChI=1S/C22H23FN2O2/c1-24-12-10-17(14-24)21(26)22(27)25-13-11-15-4-2-3-5-19(15)20(25)16-6-8-18(23)9-7-16/h2-9,17,20H,10-14H2,1H3/t17-,20?/m0/s1. The van der Waals surface area contributed by atoms with Crippen molar-refractivity contribution in [3.05, 3.63) is 71.0 Å². The Morgan fingerprint density at radius 1 is 1.04 bits per heavy atom. The van der Waals surface area contributed by atoms with Crippen molar-refractivity contribution in [1.82, 2.24) is 9.80 Å². The van der Waals surface area contributed by atoms with Gasteiger partial charge in [0.15, 0.2) is 0 Å². The van der Waals surface area contributed by atoms with Crippen LogP contribution in [-0.2, 0) is 16.0 Å². The summed E-state index contributed by atoms with van der Waals surface area (Å²) in [5.41, 5.74) is 3.01. The first kappa shape index (κ1) is 17.9. The summed E-state index contributed by atoms with van der Waals surface area (Å²) in [5.74, 6) is -1.26. The molecular weight excluding hydrogens is 343 g/mol. The second-order valence-corrected chi connectivity index (χ2v) is 7.51. The normalized spacial score (nSPS) is 22.5. The number of carbonyl (C=O) groups is 2. The van der Waals surface area contributed by atoms with Gasteiger partial charge in [-0.3, -0.25) is 9.59 Å². The van der Waals surface area contributed by atoms with Crippen molar-refractivity contribution in [1.29, 1.82) is 0 Å². The van der Waals surface area contributed by atoms with E-state index in [1.807, 2.05) is 25.2 Å². The van der Waals surface area contributed by atoms with Crippen molar-refractivity contribution in [2.45, 2.75) is 18.9 Å². The van der Waals surface area contributed by atoms with Gasteiger partial charge in [0, 0.05) is 19.0 Å². The van der Waals surface area contributed by atoms with E-state index in [4.69, 9.17) is 0 Å². The Bertz CT molecular complexity index is 865. The minimum absolute atomic E-state index is 0.228. The number of amides is 1. The lowest BCUT2D eigenvalue weighted by Crippen LogP contribution is -2.46. The number of rotatable bonds is 3. The van der Waals surface area contributed by atoms with Crippen LogP contribution in [0, 0.1) is 11.7 Å². The highest BCUT2D eigenvalue weighted by Gasteiger charge is 2.38. The fourth-order valence-corrected chi connectivity index (χ4v) is 4.26. The van der Waals surface area contributed by atoms with Gasteiger partial charge in [-0.05, 0) is 55.3 Å². The number of likely N-dealkylation sites (tertiary alicyclic amines) is 1. The van der Waals surface area contributed by atoms with Crippen molar-refractivity contribution in [2.24, 2.45) is 5.92 Å². The summed E-state index contributed by atoms with van der Waals surface area (Å²) in [7, 11) is 1.97. The van der Waals surface area contributed by atoms with E-state index in [0.29, 0.717) is 13.1 Å². The van der Waals surface area contributed by atoms with Crippen molar-refractivity contribution < 1.29 is 14.0 Å². The number of hydrogen-bond acceptors (Lipinski definition) is 3. The van der Waals surface area contributed by atoms with E-state index in [2.05, 4.69) is 11.0 Å². The molecule has 1 fully saturated rings. The molecule has 2 aliphatic heterocycles. The molecule has 2 atom stereocenters. The van der Waals surface area contributed by atoms with Crippen molar-refractivity contribution in [3.63, 3.8) is 0 Å². The number of carbonyl (C=O) groups excluding carboxylic acids is 2. The lowest BCUT2D eigenvalue weighted by atomic mass is 9.87. The molecule has 0 radical (unpaired) electrons. The maximum atomic E-state index is 13.4. The van der Waals surface area contributed by atoms with Crippen molar-refractivity contribution in [2.75, 3.05) is 26.7 Å². The molecule has 2 aromatic rings. The molecule has 27 heavy (non-hydrogen) atoms. The zero-order valence-electron chi connectivity index (χ0n) is 15.4. The van der Waals surface area contributed by atoms with Crippen LogP contribution in [0.25, 0.3) is 0 Å². The van der Waals surface area contributed by atoms with Crippen LogP contribution in [0.1, 0.15) is 29.2 Å². The minimum atomic E-state index is -0.417. The molecule has 140 valence electrons. The maximum Gasteiger partial charge on any atom is 0.291 e. The summed E-state index contributed by atoms with van der Waals surface area (Å²) in [6.45, 7) is 1.97. The molecule has 0 N–H and O–H groups in total. The predicted molar refractivity (Wildman–Crippen MR) is 101 cm³/mol. The van der Waals surface area contributed by atoms with E-state index in [1.165, 1.54) is 17.7 Å². The van der Waals surface area contributed by atoms with Crippen LogP contribution in [0.2, 0.25) is 0 Å². The van der Waals surface area contributed by atoms with Crippen LogP contribution in [-0.4, -0.2) is 48.2 Å². The zero-order valence-corrected chi connectivity index (χ0v) is 15.4. The van der Waals surface area contributed by atoms with E-state index in [-0.39, 0.29) is 23.6 Å². The molecule has 1 amide bonds. The van der Waals surface area contributed by atoms with Crippen molar-refractivity contribution in [3.8, 4) is 0 Å². The summed E-state index contributed by atoms with van der Waals surface area (Å²) < 4.78 is 13.4. The van der Waals surface area contributed by atoms with Gasteiger partial charge in [0.25, 0.3) is 5.91 Å². The monoisotopic (exact) mass is 366 g/mol. The van der Waals surface area contributed by atoms with E-state index in [1.54, 1.807) is 17.0 Å². The molecule has 2 heterocycles. The molecule has 1 unspecified atom stereocenters. The summed E-state index contributed by atoms with van der Waals surface area (Å²) in [6.07, 6.45) is 1.45. The molecule has 0 bridgehead atoms. The van der Waals surface area contributed by atoms with Gasteiger partial charge < -0.3 is 9.80 Å². The van der Waals surface area contributed by atoms with Crippen LogP contribution in [0.3, 0.4) is 0 Å². The minimum Gasteiger partial charge on any atom is -0.325 e. The molecule has 2 aliphatic rings. The van der Waals surface area contributed by atoms with Crippen LogP contribution < -0.4 is 0 Å². The molecule has 0 aliphatic carbocycles. The predicted octanol–water partition coefficient (Wildman–Crippen LogP) is 2.82. The number of benzene rings is 2. The van der Waals surface area contributed by atoms with E-state index in [9.17, 15) is 14.0 Å². The largest absolute Gasteiger partial charge is 0.325 e. The van der Waals surface area contributed by atoms with Gasteiger partial charge in [0.05, 0.1) is 6.04 Å². The van der Waals surface area contributed by atoms with Crippen LogP contribution in [0.5, 0.6) is 0 Å². The van der Waals surface area contributed by atoms with E-state index < -0.39 is 5.91 Å². The van der Waals surface area contributed by atoms with Gasteiger partial charge in [-0.15, -0.1) is 0 Å². The highest BCUT2D eigenvalue weighted by Crippen LogP contribution is 2.35. The second kappa shape index (κ2) is 7.24. The van der Waals surface area contributed by atoms with Gasteiger partial charge in [0.1, 0.15) is 5.82 Å². The number of ketones is 1. The third-order valence-electron chi connectivity index (χ3n) is 5.70. The third-order valence-corrected chi connectivity index (χ3v) is 5.70. The summed E-state index contributed by atoms with van der Waals surface area (Å²) in [4.78, 5) is 29.8. The molecule has 4 rings (SSSR count). The van der Waals surface area contributed by atoms with E-state index in [0.717, 1.165) is 30.5 Å². The number of Topliss-reactive ketones (excluding diaryl/α,β-unsaturated/α-hetero) is 1. The quantitative estimate of drug-likeness (QED) is 0.785. The Morgan fingerprint density at radius 2 is 1.78 bits per heavy atom. The number of fused-ring (bicyclic) bond motifs is 1. The highest BCUT2D eigenvalue weighted by atomic mass is 19.1. The Labute approximate surface area is 158 Å². The van der Waals surface area contributed by atoms with Gasteiger partial charge >= 0.3 is 0 Å². The molecule has 0 aromatic heterocycles.